The van der Waals surface area contributed by atoms with Crippen LogP contribution in [0.15, 0.2) is 109 Å². The van der Waals surface area contributed by atoms with E-state index in [1.807, 2.05) is 6.08 Å². The lowest BCUT2D eigenvalue weighted by Gasteiger charge is -2.20. The molecule has 0 radical (unpaired) electrons. The summed E-state index contributed by atoms with van der Waals surface area (Å²) in [6.07, 6.45) is 88.2. The van der Waals surface area contributed by atoms with Gasteiger partial charge in [0.1, 0.15) is 0 Å². The van der Waals surface area contributed by atoms with Crippen LogP contribution >= 0.6 is 0 Å². The Morgan fingerprint density at radius 2 is 0.647 bits per heavy atom. The topological polar surface area (TPSA) is 69.6 Å². The minimum absolute atomic E-state index is 0.0655. The summed E-state index contributed by atoms with van der Waals surface area (Å²) in [6, 6.07) is -0.626. The van der Waals surface area contributed by atoms with Gasteiger partial charge in [-0.25, -0.2) is 0 Å². The third-order valence-electron chi connectivity index (χ3n) is 12.8. The Hall–Kier alpha value is -2.95. The molecule has 2 atom stereocenters. The van der Waals surface area contributed by atoms with Crippen molar-refractivity contribution in [3.8, 4) is 0 Å². The van der Waals surface area contributed by atoms with Gasteiger partial charge in [-0.05, 0) is 83.5 Å². The summed E-state index contributed by atoms with van der Waals surface area (Å²) in [4.78, 5) is 12.5. The van der Waals surface area contributed by atoms with Gasteiger partial charge in [0.25, 0.3) is 0 Å². The fourth-order valence-corrected chi connectivity index (χ4v) is 8.37. The summed E-state index contributed by atoms with van der Waals surface area (Å²) in [7, 11) is 0. The minimum atomic E-state index is -0.843. The molecule has 0 aromatic heterocycles. The molecule has 68 heavy (non-hydrogen) atoms. The van der Waals surface area contributed by atoms with Crippen molar-refractivity contribution in [3.63, 3.8) is 0 Å². The molecule has 4 nitrogen and oxygen atoms in total. The van der Waals surface area contributed by atoms with Crippen LogP contribution in [0.1, 0.15) is 271 Å². The van der Waals surface area contributed by atoms with Gasteiger partial charge in [0.05, 0.1) is 18.8 Å². The molecular formula is C64H111NO3. The minimum Gasteiger partial charge on any atom is -0.394 e. The van der Waals surface area contributed by atoms with Gasteiger partial charge in [0.2, 0.25) is 5.91 Å². The normalized spacial score (nSPS) is 13.6. The van der Waals surface area contributed by atoms with Gasteiger partial charge >= 0.3 is 0 Å². The van der Waals surface area contributed by atoms with Crippen molar-refractivity contribution in [1.82, 2.24) is 5.32 Å². The third kappa shape index (κ3) is 54.0. The molecule has 0 aromatic rings. The highest BCUT2D eigenvalue weighted by Gasteiger charge is 2.18. The van der Waals surface area contributed by atoms with Gasteiger partial charge in [0, 0.05) is 6.42 Å². The Morgan fingerprint density at radius 1 is 0.368 bits per heavy atom. The Bertz CT molecular complexity index is 1300. The molecule has 0 aliphatic rings. The fourth-order valence-electron chi connectivity index (χ4n) is 8.37. The van der Waals surface area contributed by atoms with Gasteiger partial charge < -0.3 is 15.5 Å². The van der Waals surface area contributed by atoms with Crippen LogP contribution in [0.3, 0.4) is 0 Å². The highest BCUT2D eigenvalue weighted by molar-refractivity contribution is 5.76. The summed E-state index contributed by atoms with van der Waals surface area (Å²) in [5.74, 6) is -0.0655. The zero-order valence-electron chi connectivity index (χ0n) is 44.8. The Kier molecular flexibility index (Phi) is 55.8. The molecule has 0 rings (SSSR count). The van der Waals surface area contributed by atoms with E-state index in [0.717, 1.165) is 77.0 Å². The number of carbonyl (C=O) groups excluding carboxylic acids is 1. The van der Waals surface area contributed by atoms with E-state index in [1.54, 1.807) is 6.08 Å². The Balaban J connectivity index is 3.52. The highest BCUT2D eigenvalue weighted by atomic mass is 16.3. The first-order chi connectivity index (χ1) is 33.7. The van der Waals surface area contributed by atoms with Crippen LogP contribution in [0.5, 0.6) is 0 Å². The molecule has 2 unspecified atom stereocenters. The summed E-state index contributed by atoms with van der Waals surface area (Å²) in [6.45, 7) is 4.20. The van der Waals surface area contributed by atoms with Crippen LogP contribution in [0.4, 0.5) is 0 Å². The number of unbranched alkanes of at least 4 members (excludes halogenated alkanes) is 29. The molecular weight excluding hydrogens is 831 g/mol. The number of aliphatic hydroxyl groups excluding tert-OH is 2. The van der Waals surface area contributed by atoms with Gasteiger partial charge in [-0.3, -0.25) is 4.79 Å². The Labute approximate surface area is 423 Å². The third-order valence-corrected chi connectivity index (χ3v) is 12.8. The molecule has 0 aromatic carbocycles. The second kappa shape index (κ2) is 58.4. The van der Waals surface area contributed by atoms with Crippen molar-refractivity contribution in [2.45, 2.75) is 283 Å². The quantitative estimate of drug-likeness (QED) is 0.0420. The second-order valence-corrected chi connectivity index (χ2v) is 19.3. The summed E-state index contributed by atoms with van der Waals surface area (Å²) in [5.41, 5.74) is 0. The van der Waals surface area contributed by atoms with Crippen LogP contribution in [0.25, 0.3) is 0 Å². The number of rotatable bonds is 52. The van der Waals surface area contributed by atoms with E-state index in [4.69, 9.17) is 0 Å². The predicted molar refractivity (Wildman–Crippen MR) is 303 cm³/mol. The molecule has 0 bridgehead atoms. The molecule has 0 heterocycles. The molecule has 0 aliphatic heterocycles. The lowest BCUT2D eigenvalue weighted by Crippen LogP contribution is -2.45. The number of nitrogens with one attached hydrogen (secondary N) is 1. The molecule has 390 valence electrons. The molecule has 3 N–H and O–H groups in total. The van der Waals surface area contributed by atoms with Gasteiger partial charge in [-0.15, -0.1) is 0 Å². The van der Waals surface area contributed by atoms with Crippen LogP contribution in [0, 0.1) is 0 Å². The van der Waals surface area contributed by atoms with Gasteiger partial charge in [-0.2, -0.15) is 0 Å². The predicted octanol–water partition coefficient (Wildman–Crippen LogP) is 19.5. The first-order valence-corrected chi connectivity index (χ1v) is 29.1. The zero-order valence-corrected chi connectivity index (χ0v) is 44.8. The number of hydrogen-bond donors (Lipinski definition) is 3. The van der Waals surface area contributed by atoms with Gasteiger partial charge in [0.15, 0.2) is 0 Å². The lowest BCUT2D eigenvalue weighted by molar-refractivity contribution is -0.123. The summed E-state index contributed by atoms with van der Waals surface area (Å²) >= 11 is 0. The maximum Gasteiger partial charge on any atom is 0.220 e. The molecule has 0 saturated carbocycles. The molecule has 0 fully saturated rings. The van der Waals surface area contributed by atoms with Crippen LogP contribution in [0.2, 0.25) is 0 Å². The smallest absolute Gasteiger partial charge is 0.220 e. The van der Waals surface area contributed by atoms with E-state index < -0.39 is 12.1 Å². The maximum absolute atomic E-state index is 12.5. The van der Waals surface area contributed by atoms with Crippen molar-refractivity contribution < 1.29 is 15.0 Å². The van der Waals surface area contributed by atoms with Crippen molar-refractivity contribution in [2.24, 2.45) is 0 Å². The average Bonchev–Trinajstić information content (AvgIpc) is 3.34. The molecule has 0 spiro atoms. The largest absolute Gasteiger partial charge is 0.394 e. The SMILES string of the molecule is CC/C=C\C/C=C\C/C=C\C/C=C\C/C=C\C/C=C\C/C=C\C/C=C\CCCCCCCCCCCCCCCCCCC(=O)NC(CO)C(O)/C=C/CCCCCCCCCCCCCCC. The zero-order chi connectivity index (χ0) is 49.2. The van der Waals surface area contributed by atoms with E-state index >= 15 is 0 Å². The first-order valence-electron chi connectivity index (χ1n) is 29.1. The molecule has 1 amide bonds. The fraction of sp³-hybridized carbons (Fsp3) is 0.703. The number of amides is 1. The second-order valence-electron chi connectivity index (χ2n) is 19.3. The number of allylic oxidation sites excluding steroid dienone is 17. The summed E-state index contributed by atoms with van der Waals surface area (Å²) < 4.78 is 0. The van der Waals surface area contributed by atoms with Crippen LogP contribution < -0.4 is 5.32 Å². The highest BCUT2D eigenvalue weighted by Crippen LogP contribution is 2.16. The number of aliphatic hydroxyl groups is 2. The summed E-state index contributed by atoms with van der Waals surface area (Å²) in [5, 5.41) is 23.1. The molecule has 0 aliphatic carbocycles. The maximum atomic E-state index is 12.5. The Morgan fingerprint density at radius 3 is 0.971 bits per heavy atom. The van der Waals surface area contributed by atoms with Crippen molar-refractivity contribution >= 4 is 5.91 Å². The monoisotopic (exact) mass is 942 g/mol. The van der Waals surface area contributed by atoms with Crippen LogP contribution in [-0.4, -0.2) is 34.9 Å². The number of hydrogen-bond acceptors (Lipinski definition) is 3. The molecule has 4 heteroatoms. The van der Waals surface area contributed by atoms with E-state index in [9.17, 15) is 15.0 Å². The van der Waals surface area contributed by atoms with Crippen molar-refractivity contribution in [3.05, 3.63) is 109 Å². The average molecular weight is 943 g/mol. The first kappa shape index (κ1) is 65.0. The standard InChI is InChI=1S/C64H111NO3/c1-3-5-7-9-11-13-15-17-19-20-21-22-23-24-25-26-27-28-29-30-31-32-33-34-35-36-37-38-39-40-41-42-43-44-46-48-50-52-54-56-58-60-64(68)65-62(61-66)63(67)59-57-55-53-51-49-47-45-18-16-14-12-10-8-6-4-2/h5,7,11,13,17,19,21-22,24-25,27-28,30-31,33-34,57,59,62-63,66-67H,3-4,6,8-10,12,14-16,18,20,23,26,29,32,35-56,58,60-61H2,1-2H3,(H,65,68)/b7-5-,13-11-,19-17-,22-21-,25-24-,28-27-,31-30-,34-33-,59-57+. The lowest BCUT2D eigenvalue weighted by atomic mass is 10.0. The van der Waals surface area contributed by atoms with Gasteiger partial charge in [-0.1, -0.05) is 290 Å². The van der Waals surface area contributed by atoms with Crippen LogP contribution in [-0.2, 0) is 4.79 Å². The van der Waals surface area contributed by atoms with Crippen molar-refractivity contribution in [2.75, 3.05) is 6.61 Å². The molecule has 0 saturated heterocycles. The van der Waals surface area contributed by atoms with Crippen molar-refractivity contribution in [1.29, 1.82) is 0 Å². The number of carbonyl (C=O) groups is 1. The van der Waals surface area contributed by atoms with E-state index in [-0.39, 0.29) is 12.5 Å². The van der Waals surface area contributed by atoms with E-state index in [0.29, 0.717) is 6.42 Å². The van der Waals surface area contributed by atoms with E-state index in [2.05, 4.69) is 116 Å². The van der Waals surface area contributed by atoms with E-state index in [1.165, 1.54) is 173 Å².